The van der Waals surface area contributed by atoms with Gasteiger partial charge in [0.05, 0.1) is 0 Å². The van der Waals surface area contributed by atoms with Crippen LogP contribution in [0.15, 0.2) is 36.4 Å². The molecule has 0 radical (unpaired) electrons. The maximum Gasteiger partial charge on any atom is 0.222 e. The fraction of sp³-hybridized carbons (Fsp3) is 0.412. The van der Waals surface area contributed by atoms with Crippen molar-refractivity contribution in [2.24, 2.45) is 0 Å². The molecule has 1 aliphatic rings. The highest BCUT2D eigenvalue weighted by molar-refractivity contribution is 5.43. The molecule has 0 bridgehead atoms. The van der Waals surface area contributed by atoms with Crippen LogP contribution in [0.25, 0.3) is 0 Å². The molecule has 2 aromatic rings. The summed E-state index contributed by atoms with van der Waals surface area (Å²) < 4.78 is 0. The highest BCUT2D eigenvalue weighted by Crippen LogP contribution is 2.23. The van der Waals surface area contributed by atoms with Crippen LogP contribution in [0, 0.1) is 6.92 Å². The molecule has 1 aliphatic heterocycles. The molecule has 116 valence electrons. The Balaban J connectivity index is 1.65. The van der Waals surface area contributed by atoms with Crippen molar-refractivity contribution in [3.05, 3.63) is 47.7 Å². The molecule has 1 atom stereocenters. The molecule has 1 saturated heterocycles. The normalized spacial score (nSPS) is 17.5. The van der Waals surface area contributed by atoms with E-state index in [2.05, 4.69) is 57.0 Å². The van der Waals surface area contributed by atoms with Crippen LogP contribution in [-0.2, 0) is 0 Å². The minimum absolute atomic E-state index is 0.357. The summed E-state index contributed by atoms with van der Waals surface area (Å²) in [7, 11) is 0. The molecule has 1 unspecified atom stereocenters. The van der Waals surface area contributed by atoms with Crippen LogP contribution in [-0.4, -0.2) is 41.0 Å². The fourth-order valence-electron chi connectivity index (χ4n) is 3.02. The SMILES string of the molecule is Cc1cc(N2CCN(C(C)c3ccccc3)CC2)nc(N)n1. The number of nitrogen functional groups attached to an aromatic ring is 1. The van der Waals surface area contributed by atoms with E-state index in [4.69, 9.17) is 5.73 Å². The Bertz CT molecular complexity index is 600. The lowest BCUT2D eigenvalue weighted by Gasteiger charge is -2.38. The lowest BCUT2D eigenvalue weighted by atomic mass is 10.1. The van der Waals surface area contributed by atoms with Crippen molar-refractivity contribution in [2.75, 3.05) is 36.8 Å². The van der Waals surface area contributed by atoms with Gasteiger partial charge < -0.3 is 10.6 Å². The van der Waals surface area contributed by atoms with Crippen LogP contribution in [0.1, 0.15) is 24.2 Å². The average molecular weight is 297 g/mol. The number of nitrogens with two attached hydrogens (primary N) is 1. The zero-order valence-corrected chi connectivity index (χ0v) is 13.2. The monoisotopic (exact) mass is 297 g/mol. The summed E-state index contributed by atoms with van der Waals surface area (Å²) in [5.41, 5.74) is 8.05. The van der Waals surface area contributed by atoms with Gasteiger partial charge in [0.1, 0.15) is 5.82 Å². The number of hydrogen-bond donors (Lipinski definition) is 1. The standard InChI is InChI=1S/C17H23N5/c1-13-12-16(20-17(18)19-13)22-10-8-21(9-11-22)14(2)15-6-4-3-5-7-15/h3-7,12,14H,8-11H2,1-2H3,(H2,18,19,20). The van der Waals surface area contributed by atoms with Gasteiger partial charge in [-0.05, 0) is 19.4 Å². The third-order valence-electron chi connectivity index (χ3n) is 4.33. The highest BCUT2D eigenvalue weighted by atomic mass is 15.3. The molecule has 0 amide bonds. The van der Waals surface area contributed by atoms with E-state index in [-0.39, 0.29) is 0 Å². The molecule has 1 aromatic heterocycles. The van der Waals surface area contributed by atoms with Gasteiger partial charge in [-0.1, -0.05) is 30.3 Å². The molecule has 0 saturated carbocycles. The second kappa shape index (κ2) is 6.32. The van der Waals surface area contributed by atoms with Crippen molar-refractivity contribution < 1.29 is 0 Å². The molecule has 2 heterocycles. The van der Waals surface area contributed by atoms with Crippen molar-refractivity contribution in [1.29, 1.82) is 0 Å². The topological polar surface area (TPSA) is 58.3 Å². The third kappa shape index (κ3) is 3.20. The lowest BCUT2D eigenvalue weighted by molar-refractivity contribution is 0.198. The van der Waals surface area contributed by atoms with Crippen molar-refractivity contribution in [3.63, 3.8) is 0 Å². The molecular formula is C17H23N5. The zero-order valence-electron chi connectivity index (χ0n) is 13.2. The van der Waals surface area contributed by atoms with E-state index in [0.29, 0.717) is 12.0 Å². The maximum atomic E-state index is 5.76. The first-order chi connectivity index (χ1) is 10.6. The smallest absolute Gasteiger partial charge is 0.222 e. The Morgan fingerprint density at radius 3 is 2.36 bits per heavy atom. The molecule has 1 aromatic carbocycles. The Hall–Kier alpha value is -2.14. The van der Waals surface area contributed by atoms with Crippen molar-refractivity contribution in [2.45, 2.75) is 19.9 Å². The molecule has 2 N–H and O–H groups in total. The first-order valence-electron chi connectivity index (χ1n) is 7.78. The minimum atomic E-state index is 0.357. The van der Waals surface area contributed by atoms with Gasteiger partial charge >= 0.3 is 0 Å². The van der Waals surface area contributed by atoms with E-state index in [1.807, 2.05) is 13.0 Å². The summed E-state index contributed by atoms with van der Waals surface area (Å²) >= 11 is 0. The first kappa shape index (κ1) is 14.8. The van der Waals surface area contributed by atoms with Gasteiger partial charge in [0.15, 0.2) is 0 Å². The second-order valence-electron chi connectivity index (χ2n) is 5.84. The number of aromatic nitrogens is 2. The Labute approximate surface area is 131 Å². The van der Waals surface area contributed by atoms with Gasteiger partial charge in [-0.2, -0.15) is 4.98 Å². The van der Waals surface area contributed by atoms with Gasteiger partial charge in [0.2, 0.25) is 5.95 Å². The minimum Gasteiger partial charge on any atom is -0.368 e. The number of aryl methyl sites for hydroxylation is 1. The number of benzene rings is 1. The van der Waals surface area contributed by atoms with Crippen LogP contribution < -0.4 is 10.6 Å². The van der Waals surface area contributed by atoms with Gasteiger partial charge in [0, 0.05) is 44.0 Å². The van der Waals surface area contributed by atoms with Crippen molar-refractivity contribution in [1.82, 2.24) is 14.9 Å². The molecule has 5 heteroatoms. The Morgan fingerprint density at radius 2 is 1.73 bits per heavy atom. The zero-order chi connectivity index (χ0) is 15.5. The van der Waals surface area contributed by atoms with Crippen LogP contribution >= 0.6 is 0 Å². The average Bonchev–Trinajstić information content (AvgIpc) is 2.54. The van der Waals surface area contributed by atoms with Gasteiger partial charge in [-0.25, -0.2) is 4.98 Å². The third-order valence-corrected chi connectivity index (χ3v) is 4.33. The Kier molecular flexibility index (Phi) is 4.24. The highest BCUT2D eigenvalue weighted by Gasteiger charge is 2.23. The molecule has 0 aliphatic carbocycles. The largest absolute Gasteiger partial charge is 0.368 e. The predicted molar refractivity (Wildman–Crippen MR) is 89.8 cm³/mol. The molecule has 0 spiro atoms. The Morgan fingerprint density at radius 1 is 1.05 bits per heavy atom. The molecule has 3 rings (SSSR count). The van der Waals surface area contributed by atoms with E-state index >= 15 is 0 Å². The number of nitrogens with zero attached hydrogens (tertiary/aromatic N) is 4. The summed E-state index contributed by atoms with van der Waals surface area (Å²) in [6.45, 7) is 8.21. The van der Waals surface area contributed by atoms with E-state index in [1.165, 1.54) is 5.56 Å². The number of anilines is 2. The van der Waals surface area contributed by atoms with Gasteiger partial charge in [0.25, 0.3) is 0 Å². The number of rotatable bonds is 3. The van der Waals surface area contributed by atoms with E-state index in [1.54, 1.807) is 0 Å². The second-order valence-corrected chi connectivity index (χ2v) is 5.84. The lowest BCUT2D eigenvalue weighted by Crippen LogP contribution is -2.47. The molecule has 5 nitrogen and oxygen atoms in total. The molecule has 1 fully saturated rings. The molecule has 22 heavy (non-hydrogen) atoms. The van der Waals surface area contributed by atoms with Gasteiger partial charge in [-0.3, -0.25) is 4.90 Å². The number of piperazine rings is 1. The van der Waals surface area contributed by atoms with Crippen LogP contribution in [0.4, 0.5) is 11.8 Å². The predicted octanol–water partition coefficient (Wildman–Crippen LogP) is 2.25. The summed E-state index contributed by atoms with van der Waals surface area (Å²) in [4.78, 5) is 13.3. The van der Waals surface area contributed by atoms with E-state index < -0.39 is 0 Å². The van der Waals surface area contributed by atoms with Crippen molar-refractivity contribution in [3.8, 4) is 0 Å². The maximum absolute atomic E-state index is 5.76. The summed E-state index contributed by atoms with van der Waals surface area (Å²) in [6.07, 6.45) is 0. The summed E-state index contributed by atoms with van der Waals surface area (Å²) in [6, 6.07) is 13.1. The van der Waals surface area contributed by atoms with E-state index in [0.717, 1.165) is 37.7 Å². The fourth-order valence-corrected chi connectivity index (χ4v) is 3.02. The van der Waals surface area contributed by atoms with Crippen LogP contribution in [0.3, 0.4) is 0 Å². The van der Waals surface area contributed by atoms with Crippen LogP contribution in [0.2, 0.25) is 0 Å². The van der Waals surface area contributed by atoms with Gasteiger partial charge in [-0.15, -0.1) is 0 Å². The summed E-state index contributed by atoms with van der Waals surface area (Å²) in [5.74, 6) is 1.30. The quantitative estimate of drug-likeness (QED) is 0.941. The first-order valence-corrected chi connectivity index (χ1v) is 7.78. The molecular weight excluding hydrogens is 274 g/mol. The van der Waals surface area contributed by atoms with Crippen molar-refractivity contribution >= 4 is 11.8 Å². The van der Waals surface area contributed by atoms with E-state index in [9.17, 15) is 0 Å². The summed E-state index contributed by atoms with van der Waals surface area (Å²) in [5, 5.41) is 0. The van der Waals surface area contributed by atoms with Crippen LogP contribution in [0.5, 0.6) is 0 Å². The number of hydrogen-bond acceptors (Lipinski definition) is 5.